The maximum atomic E-state index is 4.22. The highest BCUT2D eigenvalue weighted by Crippen LogP contribution is 2.29. The first kappa shape index (κ1) is 12.6. The summed E-state index contributed by atoms with van der Waals surface area (Å²) < 4.78 is 0. The molecule has 106 valence electrons. The van der Waals surface area contributed by atoms with Gasteiger partial charge in [-0.25, -0.2) is 0 Å². The molecule has 4 rings (SSSR count). The minimum atomic E-state index is 0.656. The molecule has 2 saturated heterocycles. The molecular formula is C15H20N4S. The summed E-state index contributed by atoms with van der Waals surface area (Å²) in [6.45, 7) is 3.49. The third-order valence-electron chi connectivity index (χ3n) is 4.65. The van der Waals surface area contributed by atoms with E-state index in [4.69, 9.17) is 0 Å². The molecule has 2 aliphatic heterocycles. The summed E-state index contributed by atoms with van der Waals surface area (Å²) in [5.74, 6) is 0. The Kier molecular flexibility index (Phi) is 3.34. The van der Waals surface area contributed by atoms with E-state index in [1.807, 2.05) is 6.20 Å². The summed E-state index contributed by atoms with van der Waals surface area (Å²) in [6, 6.07) is 5.66. The monoisotopic (exact) mass is 288 g/mol. The third-order valence-corrected chi connectivity index (χ3v) is 5.53. The average Bonchev–Trinajstić information content (AvgIpc) is 3.21. The van der Waals surface area contributed by atoms with Gasteiger partial charge in [-0.15, -0.1) is 11.3 Å². The van der Waals surface area contributed by atoms with Gasteiger partial charge in [0.1, 0.15) is 0 Å². The Morgan fingerprint density at radius 2 is 2.40 bits per heavy atom. The molecule has 2 aromatic rings. The smallest absolute Gasteiger partial charge is 0.0794 e. The van der Waals surface area contributed by atoms with Crippen LogP contribution < -0.4 is 5.32 Å². The van der Waals surface area contributed by atoms with Gasteiger partial charge in [0.15, 0.2) is 0 Å². The zero-order valence-electron chi connectivity index (χ0n) is 11.5. The van der Waals surface area contributed by atoms with Crippen LogP contribution in [0, 0.1) is 0 Å². The Labute approximate surface area is 123 Å². The van der Waals surface area contributed by atoms with Gasteiger partial charge in [0.25, 0.3) is 0 Å². The van der Waals surface area contributed by atoms with E-state index in [-0.39, 0.29) is 0 Å². The molecule has 2 aromatic heterocycles. The highest BCUT2D eigenvalue weighted by Gasteiger charge is 2.36. The number of rotatable bonds is 4. The molecule has 0 aromatic carbocycles. The Bertz CT molecular complexity index is 562. The third kappa shape index (κ3) is 2.20. The lowest BCUT2D eigenvalue weighted by Crippen LogP contribution is -2.38. The van der Waals surface area contributed by atoms with Crippen LogP contribution >= 0.6 is 11.3 Å². The summed E-state index contributed by atoms with van der Waals surface area (Å²) in [5, 5.41) is 13.2. The molecule has 0 spiro atoms. The molecule has 2 unspecified atom stereocenters. The van der Waals surface area contributed by atoms with E-state index in [1.165, 1.54) is 48.5 Å². The van der Waals surface area contributed by atoms with Crippen LogP contribution in [0.2, 0.25) is 0 Å². The summed E-state index contributed by atoms with van der Waals surface area (Å²) >= 11 is 1.76. The fourth-order valence-corrected chi connectivity index (χ4v) is 4.40. The second-order valence-corrected chi connectivity index (χ2v) is 6.72. The van der Waals surface area contributed by atoms with Crippen molar-refractivity contribution in [2.24, 2.45) is 0 Å². The van der Waals surface area contributed by atoms with Gasteiger partial charge in [-0.05, 0) is 37.3 Å². The van der Waals surface area contributed by atoms with Crippen molar-refractivity contribution >= 4 is 11.3 Å². The van der Waals surface area contributed by atoms with Gasteiger partial charge in [0, 0.05) is 30.7 Å². The van der Waals surface area contributed by atoms with Crippen LogP contribution in [0.25, 0.3) is 10.6 Å². The molecule has 0 aliphatic carbocycles. The van der Waals surface area contributed by atoms with Gasteiger partial charge in [-0.3, -0.25) is 10.00 Å². The second kappa shape index (κ2) is 5.31. The Balaban J connectivity index is 1.44. The minimum absolute atomic E-state index is 0.656. The lowest BCUT2D eigenvalue weighted by molar-refractivity contribution is 0.298. The molecule has 4 heterocycles. The van der Waals surface area contributed by atoms with Gasteiger partial charge < -0.3 is 5.32 Å². The fraction of sp³-hybridized carbons (Fsp3) is 0.533. The first-order valence-electron chi connectivity index (χ1n) is 7.45. The first-order chi connectivity index (χ1) is 9.92. The van der Waals surface area contributed by atoms with Gasteiger partial charge in [-0.1, -0.05) is 6.07 Å². The van der Waals surface area contributed by atoms with Crippen LogP contribution in [0.5, 0.6) is 0 Å². The molecule has 0 saturated carbocycles. The predicted octanol–water partition coefficient (Wildman–Crippen LogP) is 2.46. The van der Waals surface area contributed by atoms with Gasteiger partial charge in [0.2, 0.25) is 0 Å². The largest absolute Gasteiger partial charge is 0.308 e. The van der Waals surface area contributed by atoms with Crippen LogP contribution in [-0.4, -0.2) is 40.3 Å². The Morgan fingerprint density at radius 3 is 3.30 bits per heavy atom. The van der Waals surface area contributed by atoms with E-state index in [2.05, 4.69) is 37.9 Å². The molecule has 0 radical (unpaired) electrons. The highest BCUT2D eigenvalue weighted by molar-refractivity contribution is 7.13. The number of aromatic amines is 1. The predicted molar refractivity (Wildman–Crippen MR) is 81.7 cm³/mol. The minimum Gasteiger partial charge on any atom is -0.308 e. The van der Waals surface area contributed by atoms with Crippen LogP contribution in [0.4, 0.5) is 0 Å². The van der Waals surface area contributed by atoms with Crippen molar-refractivity contribution in [2.75, 3.05) is 13.1 Å². The molecule has 0 amide bonds. The molecule has 20 heavy (non-hydrogen) atoms. The van der Waals surface area contributed by atoms with Crippen molar-refractivity contribution in [1.82, 2.24) is 20.4 Å². The summed E-state index contributed by atoms with van der Waals surface area (Å²) in [6.07, 6.45) is 5.98. The second-order valence-electron chi connectivity index (χ2n) is 5.77. The SMILES string of the molecule is c1csc(-c2[nH]ncc2CNC2CCN3CCCC23)c1. The molecule has 2 aliphatic rings. The molecule has 5 heteroatoms. The summed E-state index contributed by atoms with van der Waals surface area (Å²) in [5.41, 5.74) is 2.46. The lowest BCUT2D eigenvalue weighted by Gasteiger charge is -2.21. The molecule has 0 bridgehead atoms. The number of aromatic nitrogens is 2. The van der Waals surface area contributed by atoms with Crippen LogP contribution in [0.3, 0.4) is 0 Å². The Hall–Kier alpha value is -1.17. The Morgan fingerprint density at radius 1 is 1.40 bits per heavy atom. The van der Waals surface area contributed by atoms with E-state index >= 15 is 0 Å². The van der Waals surface area contributed by atoms with Crippen molar-refractivity contribution < 1.29 is 0 Å². The van der Waals surface area contributed by atoms with Crippen LogP contribution in [0.1, 0.15) is 24.8 Å². The van der Waals surface area contributed by atoms with E-state index in [0.29, 0.717) is 6.04 Å². The van der Waals surface area contributed by atoms with Gasteiger partial charge in [-0.2, -0.15) is 5.10 Å². The normalized spacial score (nSPS) is 26.2. The molecule has 2 atom stereocenters. The van der Waals surface area contributed by atoms with E-state index < -0.39 is 0 Å². The van der Waals surface area contributed by atoms with Crippen molar-refractivity contribution in [1.29, 1.82) is 0 Å². The van der Waals surface area contributed by atoms with Gasteiger partial charge >= 0.3 is 0 Å². The zero-order valence-corrected chi connectivity index (χ0v) is 12.3. The van der Waals surface area contributed by atoms with Crippen LogP contribution in [0.15, 0.2) is 23.7 Å². The van der Waals surface area contributed by atoms with Crippen LogP contribution in [-0.2, 0) is 6.54 Å². The number of H-pyrrole nitrogens is 1. The summed E-state index contributed by atoms with van der Waals surface area (Å²) in [4.78, 5) is 3.92. The zero-order chi connectivity index (χ0) is 13.4. The van der Waals surface area contributed by atoms with Crippen molar-refractivity contribution in [3.8, 4) is 10.6 Å². The number of thiophene rings is 1. The maximum Gasteiger partial charge on any atom is 0.0794 e. The number of fused-ring (bicyclic) bond motifs is 1. The van der Waals surface area contributed by atoms with Crippen molar-refractivity contribution in [2.45, 2.75) is 37.9 Å². The maximum absolute atomic E-state index is 4.22. The van der Waals surface area contributed by atoms with E-state index in [0.717, 1.165) is 12.6 Å². The lowest BCUT2D eigenvalue weighted by atomic mass is 10.1. The van der Waals surface area contributed by atoms with E-state index in [9.17, 15) is 0 Å². The average molecular weight is 288 g/mol. The molecular weight excluding hydrogens is 268 g/mol. The molecule has 2 N–H and O–H groups in total. The van der Waals surface area contributed by atoms with E-state index in [1.54, 1.807) is 11.3 Å². The summed E-state index contributed by atoms with van der Waals surface area (Å²) in [7, 11) is 0. The number of hydrogen-bond donors (Lipinski definition) is 2. The number of nitrogens with zero attached hydrogens (tertiary/aromatic N) is 2. The highest BCUT2D eigenvalue weighted by atomic mass is 32.1. The number of nitrogens with one attached hydrogen (secondary N) is 2. The van der Waals surface area contributed by atoms with Crippen molar-refractivity contribution in [3.05, 3.63) is 29.3 Å². The number of hydrogen-bond acceptors (Lipinski definition) is 4. The van der Waals surface area contributed by atoms with Gasteiger partial charge in [0.05, 0.1) is 16.8 Å². The van der Waals surface area contributed by atoms with Crippen molar-refractivity contribution in [3.63, 3.8) is 0 Å². The quantitative estimate of drug-likeness (QED) is 0.908. The topological polar surface area (TPSA) is 44.0 Å². The first-order valence-corrected chi connectivity index (χ1v) is 8.33. The molecule has 2 fully saturated rings. The molecule has 4 nitrogen and oxygen atoms in total. The fourth-order valence-electron chi connectivity index (χ4n) is 3.64. The standard InChI is InChI=1S/C15H20N4S/c1-3-13-12(5-7-19(13)6-1)16-9-11-10-17-18-15(11)14-4-2-8-20-14/h2,4,8,10,12-13,16H,1,3,5-7,9H2,(H,17,18).